The van der Waals surface area contributed by atoms with Crippen LogP contribution < -0.4 is 10.1 Å². The first-order chi connectivity index (χ1) is 26.8. The van der Waals surface area contributed by atoms with E-state index in [2.05, 4.69) is 199 Å². The molecule has 8 aromatic carbocycles. The van der Waals surface area contributed by atoms with E-state index in [-0.39, 0.29) is 6.17 Å². The minimum Gasteiger partial charge on any atom is -0.457 e. The van der Waals surface area contributed by atoms with Gasteiger partial charge in [0.15, 0.2) is 0 Å². The fourth-order valence-electron chi connectivity index (χ4n) is 8.92. The van der Waals surface area contributed by atoms with Crippen molar-refractivity contribution >= 4 is 11.4 Å². The van der Waals surface area contributed by atoms with Crippen LogP contribution in [0.1, 0.15) is 45.1 Å². The Morgan fingerprint density at radius 2 is 0.926 bits per heavy atom. The van der Waals surface area contributed by atoms with Crippen LogP contribution in [0.25, 0.3) is 33.4 Å². The number of ether oxygens (including phenoxy) is 1. The average molecular weight is 691 g/mol. The molecule has 8 aromatic rings. The van der Waals surface area contributed by atoms with Crippen LogP contribution >= 0.6 is 0 Å². The maximum atomic E-state index is 6.55. The Labute approximate surface area is 314 Å². The van der Waals surface area contributed by atoms with Crippen molar-refractivity contribution in [3.05, 3.63) is 233 Å². The van der Waals surface area contributed by atoms with E-state index in [0.29, 0.717) is 0 Å². The zero-order chi connectivity index (χ0) is 35.6. The van der Waals surface area contributed by atoms with Crippen LogP contribution in [0.15, 0.2) is 199 Å². The van der Waals surface area contributed by atoms with E-state index in [9.17, 15) is 0 Å². The molecule has 0 bridgehead atoms. The molecule has 0 amide bonds. The molecule has 254 valence electrons. The lowest BCUT2D eigenvalue weighted by Crippen LogP contribution is -2.32. The fourth-order valence-corrected chi connectivity index (χ4v) is 8.92. The molecule has 0 radical (unpaired) electrons. The number of nitrogens with one attached hydrogen (secondary N) is 1. The van der Waals surface area contributed by atoms with Gasteiger partial charge in [-0.15, -0.1) is 0 Å². The zero-order valence-electron chi connectivity index (χ0n) is 29.4. The number of nitrogens with zero attached hydrogens (tertiary/aromatic N) is 1. The van der Waals surface area contributed by atoms with E-state index in [0.717, 1.165) is 45.2 Å². The summed E-state index contributed by atoms with van der Waals surface area (Å²) in [6.07, 6.45) is -0.195. The Morgan fingerprint density at radius 3 is 1.67 bits per heavy atom. The van der Waals surface area contributed by atoms with Crippen molar-refractivity contribution in [1.29, 1.82) is 0 Å². The number of anilines is 1. The quantitative estimate of drug-likeness (QED) is 0.199. The van der Waals surface area contributed by atoms with Gasteiger partial charge >= 0.3 is 0 Å². The predicted molar refractivity (Wildman–Crippen MR) is 220 cm³/mol. The van der Waals surface area contributed by atoms with Crippen LogP contribution in [0.2, 0.25) is 0 Å². The molecule has 1 atom stereocenters. The maximum Gasteiger partial charge on any atom is 0.145 e. The van der Waals surface area contributed by atoms with E-state index in [1.807, 2.05) is 0 Å². The summed E-state index contributed by atoms with van der Waals surface area (Å²) in [7, 11) is 0. The molecule has 1 spiro atoms. The van der Waals surface area contributed by atoms with Crippen LogP contribution in [0.4, 0.5) is 5.69 Å². The second-order valence-corrected chi connectivity index (χ2v) is 14.3. The molecule has 2 heterocycles. The summed E-state index contributed by atoms with van der Waals surface area (Å²) >= 11 is 0. The van der Waals surface area contributed by atoms with Gasteiger partial charge in [0.1, 0.15) is 17.7 Å². The highest BCUT2D eigenvalue weighted by molar-refractivity contribution is 6.17. The number of fused-ring (bicyclic) bond motifs is 10. The molecule has 54 heavy (non-hydrogen) atoms. The van der Waals surface area contributed by atoms with Crippen molar-refractivity contribution in [2.75, 3.05) is 5.32 Å². The molecule has 1 aliphatic carbocycles. The molecule has 1 N–H and O–H groups in total. The average Bonchev–Trinajstić information content (AvgIpc) is 3.54. The Morgan fingerprint density at radius 1 is 0.407 bits per heavy atom. The van der Waals surface area contributed by atoms with Gasteiger partial charge in [-0.1, -0.05) is 170 Å². The van der Waals surface area contributed by atoms with Crippen LogP contribution in [0.5, 0.6) is 11.5 Å². The summed E-state index contributed by atoms with van der Waals surface area (Å²) in [4.78, 5) is 5.33. The van der Waals surface area contributed by atoms with E-state index >= 15 is 0 Å². The Bertz CT molecular complexity index is 2720. The zero-order valence-corrected chi connectivity index (χ0v) is 29.4. The Kier molecular flexibility index (Phi) is 6.83. The van der Waals surface area contributed by atoms with E-state index in [1.165, 1.54) is 50.1 Å². The Hall–Kier alpha value is -6.97. The highest BCUT2D eigenvalue weighted by Gasteiger charge is 2.51. The second kappa shape index (κ2) is 12.0. The minimum atomic E-state index is -0.491. The summed E-state index contributed by atoms with van der Waals surface area (Å²) in [6.45, 7) is 0. The summed E-state index contributed by atoms with van der Waals surface area (Å²) in [5.41, 5.74) is 17.1. The highest BCUT2D eigenvalue weighted by atomic mass is 16.5. The van der Waals surface area contributed by atoms with Crippen molar-refractivity contribution in [3.63, 3.8) is 0 Å². The molecule has 0 saturated heterocycles. The number of hydrogen-bond donors (Lipinski definition) is 1. The molecule has 3 nitrogen and oxygen atoms in total. The molecule has 1 unspecified atom stereocenters. The molecule has 2 aliphatic heterocycles. The molecular formula is C51H34N2O. The molecule has 0 fully saturated rings. The second-order valence-electron chi connectivity index (χ2n) is 14.3. The van der Waals surface area contributed by atoms with Crippen molar-refractivity contribution in [2.24, 2.45) is 4.99 Å². The van der Waals surface area contributed by atoms with Crippen LogP contribution in [0.3, 0.4) is 0 Å². The maximum absolute atomic E-state index is 6.55. The number of rotatable bonds is 4. The monoisotopic (exact) mass is 690 g/mol. The summed E-state index contributed by atoms with van der Waals surface area (Å²) in [5, 5.41) is 3.69. The Balaban J connectivity index is 0.997. The third-order valence-corrected chi connectivity index (χ3v) is 11.4. The van der Waals surface area contributed by atoms with Gasteiger partial charge in [-0.25, -0.2) is 0 Å². The summed E-state index contributed by atoms with van der Waals surface area (Å²) in [5.74, 6) is 1.81. The lowest BCUT2D eigenvalue weighted by molar-refractivity contribution is 0.436. The van der Waals surface area contributed by atoms with Crippen molar-refractivity contribution in [3.8, 4) is 44.9 Å². The number of aliphatic imine (C=N–C) groups is 1. The molecule has 0 aromatic heterocycles. The van der Waals surface area contributed by atoms with Gasteiger partial charge in [0.05, 0.1) is 11.1 Å². The van der Waals surface area contributed by atoms with Gasteiger partial charge in [0.25, 0.3) is 0 Å². The normalized spacial score (nSPS) is 15.4. The SMILES string of the molecule is c1ccc(-c2ccc(C3N=C(c4ccc(-c5ccc6c(c5)C5(c7ccccc7Oc7ccccc75)c5ccccc5-6)cc4)c4ccccc4N3)cc2)cc1. The first kappa shape index (κ1) is 30.6. The van der Waals surface area contributed by atoms with Crippen LogP contribution in [-0.4, -0.2) is 5.71 Å². The largest absolute Gasteiger partial charge is 0.457 e. The van der Waals surface area contributed by atoms with Gasteiger partial charge in [0, 0.05) is 27.9 Å². The third kappa shape index (κ3) is 4.58. The fraction of sp³-hybridized carbons (Fsp3) is 0.0392. The van der Waals surface area contributed by atoms with Gasteiger partial charge in [-0.05, 0) is 74.3 Å². The molecule has 11 rings (SSSR count). The molecule has 0 saturated carbocycles. The summed E-state index contributed by atoms with van der Waals surface area (Å²) in [6, 6.07) is 69.6. The minimum absolute atomic E-state index is 0.195. The third-order valence-electron chi connectivity index (χ3n) is 11.4. The van der Waals surface area contributed by atoms with Gasteiger partial charge in [0.2, 0.25) is 0 Å². The smallest absolute Gasteiger partial charge is 0.145 e. The first-order valence-corrected chi connectivity index (χ1v) is 18.6. The first-order valence-electron chi connectivity index (χ1n) is 18.6. The van der Waals surface area contributed by atoms with Crippen LogP contribution in [-0.2, 0) is 5.41 Å². The van der Waals surface area contributed by atoms with Crippen molar-refractivity contribution in [2.45, 2.75) is 11.6 Å². The van der Waals surface area contributed by atoms with E-state index in [4.69, 9.17) is 9.73 Å². The van der Waals surface area contributed by atoms with Crippen LogP contribution in [0, 0.1) is 0 Å². The van der Waals surface area contributed by atoms with E-state index < -0.39 is 5.41 Å². The number of benzene rings is 8. The standard InChI is InChI=1S/C51H34N2O/c1-2-12-33(13-3-1)34-24-28-37(29-25-34)50-52-46-19-9-5-15-41(46)49(53-50)36-26-22-35(23-27-36)38-30-31-40-39-14-4-6-16-42(39)51(45(40)32-38)43-17-7-10-20-47(43)54-48-21-11-8-18-44(48)51/h1-32,50,52H. The van der Waals surface area contributed by atoms with Gasteiger partial charge < -0.3 is 10.1 Å². The van der Waals surface area contributed by atoms with Crippen molar-refractivity contribution in [1.82, 2.24) is 0 Å². The van der Waals surface area contributed by atoms with Crippen molar-refractivity contribution < 1.29 is 4.74 Å². The molecular weight excluding hydrogens is 657 g/mol. The summed E-state index contributed by atoms with van der Waals surface area (Å²) < 4.78 is 6.55. The highest BCUT2D eigenvalue weighted by Crippen LogP contribution is 2.62. The van der Waals surface area contributed by atoms with Gasteiger partial charge in [-0.2, -0.15) is 0 Å². The van der Waals surface area contributed by atoms with E-state index in [1.54, 1.807) is 0 Å². The number of hydrogen-bond acceptors (Lipinski definition) is 3. The molecule has 3 aliphatic rings. The topological polar surface area (TPSA) is 33.6 Å². The molecule has 3 heteroatoms. The predicted octanol–water partition coefficient (Wildman–Crippen LogP) is 12.5. The lowest BCUT2D eigenvalue weighted by atomic mass is 9.66. The lowest BCUT2D eigenvalue weighted by Gasteiger charge is -2.39. The number of para-hydroxylation sites is 3. The van der Waals surface area contributed by atoms with Gasteiger partial charge in [-0.3, -0.25) is 4.99 Å².